The van der Waals surface area contributed by atoms with E-state index in [-0.39, 0.29) is 0 Å². The molecule has 0 aliphatic rings. The molecule has 11 aromatic rings. The van der Waals surface area contributed by atoms with Crippen LogP contribution in [0.1, 0.15) is 0 Å². The van der Waals surface area contributed by atoms with Gasteiger partial charge in [0, 0.05) is 45.3 Å². The molecule has 0 amide bonds. The predicted octanol–water partition coefficient (Wildman–Crippen LogP) is 12.4. The molecule has 3 aromatic heterocycles. The summed E-state index contributed by atoms with van der Waals surface area (Å²) in [5.41, 5.74) is 9.46. The first-order chi connectivity index (χ1) is 24.8. The molecule has 0 saturated carbocycles. The zero-order chi connectivity index (χ0) is 32.8. The fraction of sp³-hybridized carbons (Fsp3) is 0. The first kappa shape index (κ1) is 27.3. The number of nitrogens with zero attached hydrogens (tertiary/aromatic N) is 3. The second kappa shape index (κ2) is 10.4. The normalized spacial score (nSPS) is 12.0. The molecule has 0 aliphatic carbocycles. The highest BCUT2D eigenvalue weighted by Gasteiger charge is 2.17. The summed E-state index contributed by atoms with van der Waals surface area (Å²) in [5, 5.41) is 12.7. The summed E-state index contributed by atoms with van der Waals surface area (Å²) in [6.45, 7) is 0. The van der Waals surface area contributed by atoms with E-state index < -0.39 is 0 Å². The number of para-hydroxylation sites is 2. The average Bonchev–Trinajstić information content (AvgIpc) is 3.70. The summed E-state index contributed by atoms with van der Waals surface area (Å²) < 4.78 is 4.79. The van der Waals surface area contributed by atoms with Crippen molar-refractivity contribution in [1.29, 1.82) is 0 Å². The molecule has 232 valence electrons. The molecule has 8 aromatic carbocycles. The number of pyridine rings is 1. The van der Waals surface area contributed by atoms with Gasteiger partial charge >= 0.3 is 0 Å². The van der Waals surface area contributed by atoms with Crippen LogP contribution >= 0.6 is 0 Å². The highest BCUT2D eigenvalue weighted by molar-refractivity contribution is 6.25. The van der Waals surface area contributed by atoms with Crippen LogP contribution in [-0.4, -0.2) is 14.1 Å². The van der Waals surface area contributed by atoms with E-state index >= 15 is 0 Å². The molecule has 3 heterocycles. The summed E-state index contributed by atoms with van der Waals surface area (Å²) in [7, 11) is 0. The topological polar surface area (TPSA) is 22.8 Å². The molecule has 0 N–H and O–H groups in total. The number of hydrogen-bond acceptors (Lipinski definition) is 1. The summed E-state index contributed by atoms with van der Waals surface area (Å²) in [5.74, 6) is 0. The van der Waals surface area contributed by atoms with E-state index in [2.05, 4.69) is 178 Å². The van der Waals surface area contributed by atoms with Crippen LogP contribution in [-0.2, 0) is 0 Å². The first-order valence-electron chi connectivity index (χ1n) is 17.1. The van der Waals surface area contributed by atoms with Gasteiger partial charge in [-0.3, -0.25) is 4.98 Å². The highest BCUT2D eigenvalue weighted by atomic mass is 15.0. The van der Waals surface area contributed by atoms with Crippen molar-refractivity contribution in [3.8, 4) is 22.5 Å². The second-order valence-corrected chi connectivity index (χ2v) is 13.2. The molecule has 0 aliphatic heterocycles. The van der Waals surface area contributed by atoms with Crippen molar-refractivity contribution >= 4 is 75.9 Å². The van der Waals surface area contributed by atoms with Crippen molar-refractivity contribution in [3.63, 3.8) is 0 Å². The van der Waals surface area contributed by atoms with E-state index in [1.54, 1.807) is 0 Å². The zero-order valence-electron chi connectivity index (χ0n) is 27.1. The summed E-state index contributed by atoms with van der Waals surface area (Å²) >= 11 is 0. The summed E-state index contributed by atoms with van der Waals surface area (Å²) in [4.78, 5) is 4.26. The van der Waals surface area contributed by atoms with E-state index in [9.17, 15) is 0 Å². The van der Waals surface area contributed by atoms with Crippen LogP contribution in [0, 0.1) is 0 Å². The Balaban J connectivity index is 1.15. The largest absolute Gasteiger partial charge is 0.309 e. The molecule has 0 spiro atoms. The van der Waals surface area contributed by atoms with Crippen molar-refractivity contribution in [2.24, 2.45) is 0 Å². The van der Waals surface area contributed by atoms with Gasteiger partial charge in [0.05, 0.1) is 22.1 Å². The summed E-state index contributed by atoms with van der Waals surface area (Å²) in [6.07, 6.45) is 3.72. The molecule has 0 fully saturated rings. The lowest BCUT2D eigenvalue weighted by Crippen LogP contribution is -1.95. The number of aromatic nitrogens is 3. The molecule has 11 rings (SSSR count). The Hall–Kier alpha value is -6.71. The molecule has 3 nitrogen and oxygen atoms in total. The number of fused-ring (bicyclic) bond motifs is 12. The maximum absolute atomic E-state index is 4.26. The van der Waals surface area contributed by atoms with Gasteiger partial charge in [-0.15, -0.1) is 0 Å². The lowest BCUT2D eigenvalue weighted by atomic mass is 9.94. The Labute approximate surface area is 287 Å². The lowest BCUT2D eigenvalue weighted by Gasteiger charge is -2.14. The van der Waals surface area contributed by atoms with E-state index in [0.717, 1.165) is 11.4 Å². The van der Waals surface area contributed by atoms with Crippen LogP contribution in [0.4, 0.5) is 0 Å². The zero-order valence-corrected chi connectivity index (χ0v) is 27.1. The van der Waals surface area contributed by atoms with Crippen molar-refractivity contribution in [3.05, 3.63) is 176 Å². The first-order valence-corrected chi connectivity index (χ1v) is 17.1. The van der Waals surface area contributed by atoms with Crippen molar-refractivity contribution in [2.75, 3.05) is 0 Å². The SMILES string of the molecule is c1ccc2c(c1)c1ccccc1c1cc(-n3c4ccccc4c4ccc(-c5ccc6c(c5)c5ccccc5n6-c5ccncc5)cc43)ccc21. The van der Waals surface area contributed by atoms with Gasteiger partial charge in [0.25, 0.3) is 0 Å². The van der Waals surface area contributed by atoms with E-state index in [1.165, 1.54) is 87.1 Å². The maximum Gasteiger partial charge on any atom is 0.0547 e. The monoisotopic (exact) mass is 635 g/mol. The Morgan fingerprint density at radius 3 is 1.42 bits per heavy atom. The second-order valence-electron chi connectivity index (χ2n) is 13.2. The van der Waals surface area contributed by atoms with Gasteiger partial charge in [-0.05, 0) is 98.0 Å². The molecule has 0 saturated heterocycles. The van der Waals surface area contributed by atoms with Gasteiger partial charge < -0.3 is 9.13 Å². The summed E-state index contributed by atoms with van der Waals surface area (Å²) in [6, 6.07) is 60.1. The Morgan fingerprint density at radius 2 is 0.740 bits per heavy atom. The standard InChI is InChI=1S/C47H29N3/c1-2-11-36-34(9-1)35-10-3-4-12-37(35)42-29-33(19-21-38(36)42)50-44-15-7-5-13-39(44)41-20-17-31(28-47(41)50)30-18-22-46-43(27-30)40-14-6-8-16-45(40)49(46)32-23-25-48-26-24-32/h1-29H. The van der Waals surface area contributed by atoms with Crippen molar-refractivity contribution in [2.45, 2.75) is 0 Å². The lowest BCUT2D eigenvalue weighted by molar-refractivity contribution is 1.16. The average molecular weight is 636 g/mol. The number of rotatable bonds is 3. The van der Waals surface area contributed by atoms with E-state index in [0.29, 0.717) is 0 Å². The molecule has 0 unspecified atom stereocenters. The number of hydrogen-bond donors (Lipinski definition) is 0. The van der Waals surface area contributed by atoms with Crippen LogP contribution in [0.15, 0.2) is 176 Å². The third-order valence-corrected chi connectivity index (χ3v) is 10.6. The van der Waals surface area contributed by atoms with Gasteiger partial charge in [0.1, 0.15) is 0 Å². The van der Waals surface area contributed by atoms with Crippen LogP contribution in [0.3, 0.4) is 0 Å². The van der Waals surface area contributed by atoms with Gasteiger partial charge in [-0.1, -0.05) is 109 Å². The molecule has 0 radical (unpaired) electrons. The third kappa shape index (κ3) is 3.83. The molecule has 0 bridgehead atoms. The minimum Gasteiger partial charge on any atom is -0.309 e. The number of benzene rings is 8. The van der Waals surface area contributed by atoms with Gasteiger partial charge in [0.15, 0.2) is 0 Å². The van der Waals surface area contributed by atoms with Crippen LogP contribution in [0.5, 0.6) is 0 Å². The minimum atomic E-state index is 1.11. The fourth-order valence-electron chi connectivity index (χ4n) is 8.39. The molecular formula is C47H29N3. The van der Waals surface area contributed by atoms with Crippen molar-refractivity contribution < 1.29 is 0 Å². The minimum absolute atomic E-state index is 1.11. The smallest absolute Gasteiger partial charge is 0.0547 e. The predicted molar refractivity (Wildman–Crippen MR) is 211 cm³/mol. The Morgan fingerprint density at radius 1 is 0.280 bits per heavy atom. The molecular weight excluding hydrogens is 607 g/mol. The van der Waals surface area contributed by atoms with Crippen molar-refractivity contribution in [1.82, 2.24) is 14.1 Å². The van der Waals surface area contributed by atoms with Crippen LogP contribution < -0.4 is 0 Å². The molecule has 50 heavy (non-hydrogen) atoms. The maximum atomic E-state index is 4.26. The Bertz CT molecular complexity index is 3110. The fourth-order valence-corrected chi connectivity index (χ4v) is 8.39. The third-order valence-electron chi connectivity index (χ3n) is 10.6. The van der Waals surface area contributed by atoms with Gasteiger partial charge in [0.2, 0.25) is 0 Å². The van der Waals surface area contributed by atoms with Gasteiger partial charge in [-0.2, -0.15) is 0 Å². The molecule has 0 atom stereocenters. The highest BCUT2D eigenvalue weighted by Crippen LogP contribution is 2.40. The van der Waals surface area contributed by atoms with Gasteiger partial charge in [-0.25, -0.2) is 0 Å². The van der Waals surface area contributed by atoms with Crippen LogP contribution in [0.2, 0.25) is 0 Å². The van der Waals surface area contributed by atoms with Crippen LogP contribution in [0.25, 0.3) is 98.4 Å². The van der Waals surface area contributed by atoms with E-state index in [1.807, 2.05) is 12.4 Å². The molecule has 3 heteroatoms. The Kier molecular flexibility index (Phi) is 5.67. The quantitative estimate of drug-likeness (QED) is 0.177. The van der Waals surface area contributed by atoms with E-state index in [4.69, 9.17) is 0 Å².